The first-order valence-corrected chi connectivity index (χ1v) is 6.73. The van der Waals surface area contributed by atoms with Gasteiger partial charge in [-0.3, -0.25) is 4.98 Å². The van der Waals surface area contributed by atoms with E-state index in [1.54, 1.807) is 6.20 Å². The molecule has 20 heavy (non-hydrogen) atoms. The summed E-state index contributed by atoms with van der Waals surface area (Å²) in [5, 5.41) is 10.5. The van der Waals surface area contributed by atoms with E-state index in [1.807, 2.05) is 12.1 Å². The van der Waals surface area contributed by atoms with Crippen molar-refractivity contribution in [2.45, 2.75) is 31.3 Å². The molecule has 104 valence electrons. The average Bonchev–Trinajstić information content (AvgIpc) is 2.46. The van der Waals surface area contributed by atoms with Crippen molar-refractivity contribution in [2.75, 3.05) is 0 Å². The highest BCUT2D eigenvalue weighted by atomic mass is 19.1. The molecule has 1 aromatic carbocycles. The number of hydrogen-bond acceptors (Lipinski definition) is 2. The van der Waals surface area contributed by atoms with E-state index in [9.17, 15) is 13.9 Å². The maximum atomic E-state index is 13.8. The van der Waals surface area contributed by atoms with Crippen molar-refractivity contribution in [3.8, 4) is 0 Å². The highest BCUT2D eigenvalue weighted by Crippen LogP contribution is 2.39. The minimum Gasteiger partial charge on any atom is -0.388 e. The van der Waals surface area contributed by atoms with Crippen LogP contribution >= 0.6 is 0 Å². The van der Waals surface area contributed by atoms with E-state index in [2.05, 4.69) is 4.98 Å². The van der Waals surface area contributed by atoms with Crippen LogP contribution in [0.5, 0.6) is 0 Å². The molecule has 3 rings (SSSR count). The number of fused-ring (bicyclic) bond motifs is 1. The van der Waals surface area contributed by atoms with E-state index < -0.39 is 17.7 Å². The molecule has 0 spiro atoms. The zero-order chi connectivity index (χ0) is 14.1. The number of rotatable bonds is 2. The van der Waals surface area contributed by atoms with Crippen LogP contribution in [-0.2, 0) is 6.42 Å². The number of halogens is 2. The van der Waals surface area contributed by atoms with Crippen LogP contribution in [0.2, 0.25) is 0 Å². The van der Waals surface area contributed by atoms with Gasteiger partial charge in [0.1, 0.15) is 11.6 Å². The monoisotopic (exact) mass is 275 g/mol. The van der Waals surface area contributed by atoms with Gasteiger partial charge in [-0.2, -0.15) is 0 Å². The Morgan fingerprint density at radius 2 is 2.10 bits per heavy atom. The van der Waals surface area contributed by atoms with Crippen molar-refractivity contribution in [2.24, 2.45) is 0 Å². The fourth-order valence-corrected chi connectivity index (χ4v) is 2.91. The summed E-state index contributed by atoms with van der Waals surface area (Å²) in [6.45, 7) is 0. The van der Waals surface area contributed by atoms with Gasteiger partial charge in [-0.1, -0.05) is 12.1 Å². The number of aryl methyl sites for hydroxylation is 1. The Labute approximate surface area is 116 Å². The molecule has 0 bridgehead atoms. The lowest BCUT2D eigenvalue weighted by atomic mass is 9.81. The van der Waals surface area contributed by atoms with Crippen LogP contribution in [0.3, 0.4) is 0 Å². The predicted octanol–water partition coefficient (Wildman–Crippen LogP) is 3.51. The third kappa shape index (κ3) is 2.31. The summed E-state index contributed by atoms with van der Waals surface area (Å²) < 4.78 is 26.8. The molecule has 1 aromatic heterocycles. The van der Waals surface area contributed by atoms with E-state index in [1.165, 1.54) is 12.1 Å². The van der Waals surface area contributed by atoms with E-state index in [-0.39, 0.29) is 11.5 Å². The molecule has 1 aliphatic rings. The predicted molar refractivity (Wildman–Crippen MR) is 71.2 cm³/mol. The lowest BCUT2D eigenvalue weighted by molar-refractivity contribution is 0.130. The van der Waals surface area contributed by atoms with Crippen molar-refractivity contribution >= 4 is 0 Å². The molecule has 0 radical (unpaired) electrons. The fraction of sp³-hybridized carbons (Fsp3) is 0.312. The van der Waals surface area contributed by atoms with Crippen LogP contribution in [0.4, 0.5) is 8.78 Å². The highest BCUT2D eigenvalue weighted by molar-refractivity contribution is 5.31. The van der Waals surface area contributed by atoms with Crippen LogP contribution in [-0.4, -0.2) is 10.1 Å². The Morgan fingerprint density at radius 3 is 2.90 bits per heavy atom. The highest BCUT2D eigenvalue weighted by Gasteiger charge is 2.30. The Hall–Kier alpha value is -1.81. The Balaban J connectivity index is 1.97. The first-order valence-electron chi connectivity index (χ1n) is 6.73. The first-order chi connectivity index (χ1) is 9.66. The second-order valence-electron chi connectivity index (χ2n) is 5.16. The number of pyridine rings is 1. The van der Waals surface area contributed by atoms with Crippen LogP contribution in [0.15, 0.2) is 36.5 Å². The summed E-state index contributed by atoms with van der Waals surface area (Å²) >= 11 is 0. The number of aliphatic hydroxyl groups excluding tert-OH is 1. The van der Waals surface area contributed by atoms with E-state index in [0.29, 0.717) is 0 Å². The van der Waals surface area contributed by atoms with Crippen LogP contribution in [0, 0.1) is 11.6 Å². The van der Waals surface area contributed by atoms with E-state index in [4.69, 9.17) is 0 Å². The van der Waals surface area contributed by atoms with Crippen molar-refractivity contribution < 1.29 is 13.9 Å². The molecule has 0 amide bonds. The Kier molecular flexibility index (Phi) is 3.49. The molecule has 0 aliphatic heterocycles. The maximum Gasteiger partial charge on any atom is 0.131 e. The summed E-state index contributed by atoms with van der Waals surface area (Å²) in [7, 11) is 0. The number of benzene rings is 1. The molecular formula is C16H15F2NO. The zero-order valence-corrected chi connectivity index (χ0v) is 10.9. The topological polar surface area (TPSA) is 33.1 Å². The van der Waals surface area contributed by atoms with Gasteiger partial charge >= 0.3 is 0 Å². The summed E-state index contributed by atoms with van der Waals surface area (Å²) in [4.78, 5) is 4.34. The Bertz CT molecular complexity index is 630. The molecular weight excluding hydrogens is 260 g/mol. The number of nitrogens with zero attached hydrogens (tertiary/aromatic N) is 1. The average molecular weight is 275 g/mol. The zero-order valence-electron chi connectivity index (χ0n) is 10.9. The third-order valence-electron chi connectivity index (χ3n) is 3.90. The van der Waals surface area contributed by atoms with Gasteiger partial charge in [0.05, 0.1) is 6.10 Å². The van der Waals surface area contributed by atoms with Gasteiger partial charge in [-0.25, -0.2) is 8.78 Å². The van der Waals surface area contributed by atoms with Crippen LogP contribution < -0.4 is 0 Å². The molecule has 0 saturated carbocycles. The first kappa shape index (κ1) is 13.2. The van der Waals surface area contributed by atoms with Gasteiger partial charge in [0.2, 0.25) is 0 Å². The minimum atomic E-state index is -0.996. The fourth-order valence-electron chi connectivity index (χ4n) is 2.91. The molecule has 2 unspecified atom stereocenters. The van der Waals surface area contributed by atoms with E-state index >= 15 is 0 Å². The minimum absolute atomic E-state index is 0.134. The lowest BCUT2D eigenvalue weighted by Crippen LogP contribution is -2.19. The van der Waals surface area contributed by atoms with Crippen molar-refractivity contribution in [3.05, 3.63) is 65.0 Å². The van der Waals surface area contributed by atoms with Gasteiger partial charge in [0, 0.05) is 29.4 Å². The summed E-state index contributed by atoms with van der Waals surface area (Å²) in [5.74, 6) is -1.58. The van der Waals surface area contributed by atoms with Crippen molar-refractivity contribution in [1.29, 1.82) is 0 Å². The van der Waals surface area contributed by atoms with Crippen LogP contribution in [0.25, 0.3) is 0 Å². The van der Waals surface area contributed by atoms with Crippen molar-refractivity contribution in [3.63, 3.8) is 0 Å². The van der Waals surface area contributed by atoms with Gasteiger partial charge in [-0.05, 0) is 37.0 Å². The summed E-state index contributed by atoms with van der Waals surface area (Å²) in [5.41, 5.74) is 2.06. The quantitative estimate of drug-likeness (QED) is 0.909. The Morgan fingerprint density at radius 1 is 1.25 bits per heavy atom. The normalized spacial score (nSPS) is 19.4. The second-order valence-corrected chi connectivity index (χ2v) is 5.16. The molecule has 1 aliphatic carbocycles. The van der Waals surface area contributed by atoms with Crippen LogP contribution in [0.1, 0.15) is 41.7 Å². The number of aromatic nitrogens is 1. The molecule has 2 aromatic rings. The van der Waals surface area contributed by atoms with Gasteiger partial charge in [0.15, 0.2) is 0 Å². The molecule has 0 fully saturated rings. The molecule has 1 N–H and O–H groups in total. The molecule has 2 nitrogen and oxygen atoms in total. The van der Waals surface area contributed by atoms with Crippen molar-refractivity contribution in [1.82, 2.24) is 4.98 Å². The SMILES string of the molecule is OC(c1ccc(F)cc1F)C1CCCc2cccnc21. The molecule has 4 heteroatoms. The smallest absolute Gasteiger partial charge is 0.131 e. The third-order valence-corrected chi connectivity index (χ3v) is 3.90. The lowest BCUT2D eigenvalue weighted by Gasteiger charge is -2.28. The molecule has 2 atom stereocenters. The van der Waals surface area contributed by atoms with E-state index in [0.717, 1.165) is 36.6 Å². The molecule has 0 saturated heterocycles. The van der Waals surface area contributed by atoms with Gasteiger partial charge < -0.3 is 5.11 Å². The summed E-state index contributed by atoms with van der Waals surface area (Å²) in [6.07, 6.45) is 3.30. The number of hydrogen-bond donors (Lipinski definition) is 1. The standard InChI is InChI=1S/C16H15F2NO/c17-11-6-7-12(14(18)9-11)16(20)13-5-1-3-10-4-2-8-19-15(10)13/h2,4,6-9,13,16,20H,1,3,5H2. The van der Waals surface area contributed by atoms with Gasteiger partial charge in [0.25, 0.3) is 0 Å². The second kappa shape index (κ2) is 5.29. The maximum absolute atomic E-state index is 13.8. The summed E-state index contributed by atoms with van der Waals surface area (Å²) in [6, 6.07) is 7.14. The molecule has 1 heterocycles. The number of aliphatic hydroxyl groups is 1. The van der Waals surface area contributed by atoms with Gasteiger partial charge in [-0.15, -0.1) is 0 Å². The largest absolute Gasteiger partial charge is 0.388 e.